The zero-order chi connectivity index (χ0) is 19.8. The molecule has 1 aliphatic rings. The smallest absolute Gasteiger partial charge is 0.258 e. The van der Waals surface area contributed by atoms with E-state index < -0.39 is 0 Å². The van der Waals surface area contributed by atoms with Crippen molar-refractivity contribution in [3.63, 3.8) is 0 Å². The zero-order valence-corrected chi connectivity index (χ0v) is 16.5. The molecule has 0 bridgehead atoms. The van der Waals surface area contributed by atoms with Crippen LogP contribution in [0.25, 0.3) is 0 Å². The Bertz CT molecular complexity index is 757. The molecule has 2 aromatic rings. The molecule has 2 aromatic carbocycles. The highest BCUT2D eigenvalue weighted by Crippen LogP contribution is 2.23. The van der Waals surface area contributed by atoms with Crippen molar-refractivity contribution < 1.29 is 19.0 Å². The van der Waals surface area contributed by atoms with Crippen LogP contribution in [0.5, 0.6) is 11.5 Å². The Hall–Kier alpha value is -2.57. The molecule has 1 N–H and O–H groups in total. The number of para-hydroxylation sites is 1. The Morgan fingerprint density at radius 1 is 1.14 bits per heavy atom. The third-order valence-electron chi connectivity index (χ3n) is 4.93. The summed E-state index contributed by atoms with van der Waals surface area (Å²) in [7, 11) is 1.66. The molecule has 0 radical (unpaired) electrons. The number of benzene rings is 2. The summed E-state index contributed by atoms with van der Waals surface area (Å²) in [5, 5.41) is 3.02. The molecule has 6 nitrogen and oxygen atoms in total. The van der Waals surface area contributed by atoms with Gasteiger partial charge in [-0.3, -0.25) is 9.69 Å². The number of hydrogen-bond acceptors (Lipinski definition) is 5. The van der Waals surface area contributed by atoms with E-state index in [-0.39, 0.29) is 18.6 Å². The predicted molar refractivity (Wildman–Crippen MR) is 108 cm³/mol. The van der Waals surface area contributed by atoms with E-state index in [1.165, 1.54) is 0 Å². The molecule has 150 valence electrons. The number of hydrogen-bond donors (Lipinski definition) is 1. The average Bonchev–Trinajstić information content (AvgIpc) is 2.74. The normalized spacial score (nSPS) is 15.6. The highest BCUT2D eigenvalue weighted by atomic mass is 16.5. The summed E-state index contributed by atoms with van der Waals surface area (Å²) >= 11 is 0. The summed E-state index contributed by atoms with van der Waals surface area (Å²) in [5.41, 5.74) is 2.16. The van der Waals surface area contributed by atoms with Gasteiger partial charge < -0.3 is 19.5 Å². The van der Waals surface area contributed by atoms with Gasteiger partial charge in [-0.1, -0.05) is 30.3 Å². The molecule has 0 spiro atoms. The first-order chi connectivity index (χ1) is 13.7. The van der Waals surface area contributed by atoms with E-state index in [1.54, 1.807) is 7.11 Å². The van der Waals surface area contributed by atoms with Crippen LogP contribution in [0, 0.1) is 6.92 Å². The molecule has 0 saturated carbocycles. The van der Waals surface area contributed by atoms with Gasteiger partial charge in [-0.15, -0.1) is 0 Å². The van der Waals surface area contributed by atoms with Crippen LogP contribution < -0.4 is 14.8 Å². The van der Waals surface area contributed by atoms with Gasteiger partial charge in [0.1, 0.15) is 11.5 Å². The monoisotopic (exact) mass is 384 g/mol. The van der Waals surface area contributed by atoms with Crippen LogP contribution in [-0.4, -0.2) is 57.4 Å². The number of nitrogens with zero attached hydrogens (tertiary/aromatic N) is 1. The maximum absolute atomic E-state index is 12.3. The molecule has 6 heteroatoms. The second kappa shape index (κ2) is 10.1. The minimum absolute atomic E-state index is 0.00327. The Morgan fingerprint density at radius 3 is 2.54 bits per heavy atom. The molecule has 1 heterocycles. The topological polar surface area (TPSA) is 60.0 Å². The highest BCUT2D eigenvalue weighted by Gasteiger charge is 2.23. The maximum atomic E-state index is 12.3. The number of nitrogens with one attached hydrogen (secondary N) is 1. The number of methoxy groups -OCH3 is 1. The summed E-state index contributed by atoms with van der Waals surface area (Å²) in [6, 6.07) is 15.8. The van der Waals surface area contributed by atoms with Gasteiger partial charge in [-0.25, -0.2) is 0 Å². The zero-order valence-electron chi connectivity index (χ0n) is 16.5. The van der Waals surface area contributed by atoms with E-state index in [9.17, 15) is 4.79 Å². The number of morpholine rings is 1. The molecule has 0 aromatic heterocycles. The summed E-state index contributed by atoms with van der Waals surface area (Å²) in [4.78, 5) is 14.7. The molecule has 1 atom stereocenters. The van der Waals surface area contributed by atoms with Gasteiger partial charge in [0.25, 0.3) is 5.91 Å². The number of carbonyl (C=O) groups excluding carboxylic acids is 1. The second-order valence-electron chi connectivity index (χ2n) is 6.80. The van der Waals surface area contributed by atoms with E-state index in [4.69, 9.17) is 14.2 Å². The number of rotatable bonds is 8. The van der Waals surface area contributed by atoms with Gasteiger partial charge in [-0.2, -0.15) is 0 Å². The summed E-state index contributed by atoms with van der Waals surface area (Å²) in [6.45, 7) is 5.57. The Kier molecular flexibility index (Phi) is 7.28. The molecule has 1 amide bonds. The van der Waals surface area contributed by atoms with Crippen molar-refractivity contribution in [1.82, 2.24) is 10.2 Å². The van der Waals surface area contributed by atoms with E-state index in [0.29, 0.717) is 19.8 Å². The SMILES string of the molecule is COc1ccc([C@@H](CNC(=O)COc2ccccc2C)N2CCOCC2)cc1. The van der Waals surface area contributed by atoms with Crippen molar-refractivity contribution in [1.29, 1.82) is 0 Å². The minimum atomic E-state index is -0.130. The quantitative estimate of drug-likeness (QED) is 0.758. The first kappa shape index (κ1) is 20.2. The van der Waals surface area contributed by atoms with Gasteiger partial charge in [0.05, 0.1) is 26.4 Å². The first-order valence-corrected chi connectivity index (χ1v) is 9.58. The fourth-order valence-electron chi connectivity index (χ4n) is 3.30. The predicted octanol–water partition coefficient (Wildman–Crippen LogP) is 2.57. The van der Waals surface area contributed by atoms with Crippen LogP contribution in [-0.2, 0) is 9.53 Å². The van der Waals surface area contributed by atoms with E-state index in [1.807, 2.05) is 43.3 Å². The van der Waals surface area contributed by atoms with Crippen LogP contribution in [0.15, 0.2) is 48.5 Å². The molecule has 28 heavy (non-hydrogen) atoms. The highest BCUT2D eigenvalue weighted by molar-refractivity contribution is 5.77. The van der Waals surface area contributed by atoms with Gasteiger partial charge in [-0.05, 0) is 36.2 Å². The lowest BCUT2D eigenvalue weighted by Gasteiger charge is -2.35. The fraction of sp³-hybridized carbons (Fsp3) is 0.409. The third kappa shape index (κ3) is 5.47. The standard InChI is InChI=1S/C22H28N2O4/c1-17-5-3-4-6-21(17)28-16-22(25)23-15-20(24-11-13-27-14-12-24)18-7-9-19(26-2)10-8-18/h3-10,20H,11-16H2,1-2H3,(H,23,25)/t20-/m1/s1. The van der Waals surface area contributed by atoms with Crippen LogP contribution >= 0.6 is 0 Å². The van der Waals surface area contributed by atoms with Crippen molar-refractivity contribution in [3.05, 3.63) is 59.7 Å². The summed E-state index contributed by atoms with van der Waals surface area (Å²) < 4.78 is 16.4. The molecular formula is C22H28N2O4. The summed E-state index contributed by atoms with van der Waals surface area (Å²) in [5.74, 6) is 1.42. The second-order valence-corrected chi connectivity index (χ2v) is 6.80. The number of aryl methyl sites for hydroxylation is 1. The minimum Gasteiger partial charge on any atom is -0.497 e. The maximum Gasteiger partial charge on any atom is 0.258 e. The lowest BCUT2D eigenvalue weighted by molar-refractivity contribution is -0.123. The van der Waals surface area contributed by atoms with Crippen molar-refractivity contribution in [2.75, 3.05) is 46.6 Å². The van der Waals surface area contributed by atoms with Gasteiger partial charge in [0.2, 0.25) is 0 Å². The fourth-order valence-corrected chi connectivity index (χ4v) is 3.30. The van der Waals surface area contributed by atoms with Crippen LogP contribution in [0.3, 0.4) is 0 Å². The largest absolute Gasteiger partial charge is 0.497 e. The molecule has 0 unspecified atom stereocenters. The Balaban J connectivity index is 1.60. The van der Waals surface area contributed by atoms with Gasteiger partial charge in [0.15, 0.2) is 6.61 Å². The van der Waals surface area contributed by atoms with E-state index >= 15 is 0 Å². The number of ether oxygens (including phenoxy) is 3. The van der Waals surface area contributed by atoms with E-state index in [2.05, 4.69) is 22.3 Å². The van der Waals surface area contributed by atoms with Crippen molar-refractivity contribution in [2.45, 2.75) is 13.0 Å². The average molecular weight is 384 g/mol. The van der Waals surface area contributed by atoms with Crippen molar-refractivity contribution in [2.24, 2.45) is 0 Å². The molecule has 0 aliphatic carbocycles. The molecule has 3 rings (SSSR count). The first-order valence-electron chi connectivity index (χ1n) is 9.58. The van der Waals surface area contributed by atoms with E-state index in [0.717, 1.165) is 35.7 Å². The van der Waals surface area contributed by atoms with Crippen LogP contribution in [0.1, 0.15) is 17.2 Å². The summed E-state index contributed by atoms with van der Waals surface area (Å²) in [6.07, 6.45) is 0. The lowest BCUT2D eigenvalue weighted by atomic mass is 10.0. The van der Waals surface area contributed by atoms with Gasteiger partial charge in [0, 0.05) is 19.6 Å². The lowest BCUT2D eigenvalue weighted by Crippen LogP contribution is -2.44. The van der Waals surface area contributed by atoms with Crippen molar-refractivity contribution >= 4 is 5.91 Å². The number of carbonyl (C=O) groups is 1. The van der Waals surface area contributed by atoms with Crippen molar-refractivity contribution in [3.8, 4) is 11.5 Å². The number of amides is 1. The molecule has 1 fully saturated rings. The molecule has 1 aliphatic heterocycles. The van der Waals surface area contributed by atoms with Crippen LogP contribution in [0.2, 0.25) is 0 Å². The molecular weight excluding hydrogens is 356 g/mol. The Labute approximate surface area is 166 Å². The van der Waals surface area contributed by atoms with Crippen LogP contribution in [0.4, 0.5) is 0 Å². The third-order valence-corrected chi connectivity index (χ3v) is 4.93. The van der Waals surface area contributed by atoms with Gasteiger partial charge >= 0.3 is 0 Å². The molecule has 1 saturated heterocycles. The Morgan fingerprint density at radius 2 is 1.86 bits per heavy atom.